The summed E-state index contributed by atoms with van der Waals surface area (Å²) in [7, 11) is -2.07. The summed E-state index contributed by atoms with van der Waals surface area (Å²) in [5.41, 5.74) is 2.90. The van der Waals surface area contributed by atoms with Gasteiger partial charge in [0.1, 0.15) is 5.75 Å². The quantitative estimate of drug-likeness (QED) is 0.373. The zero-order valence-corrected chi connectivity index (χ0v) is 21.0. The third-order valence-electron chi connectivity index (χ3n) is 5.25. The molecule has 0 spiro atoms. The average Bonchev–Trinajstić information content (AvgIpc) is 2.79. The Balaban J connectivity index is 2.24. The van der Waals surface area contributed by atoms with E-state index in [1.54, 1.807) is 31.4 Å². The Morgan fingerprint density at radius 3 is 2.33 bits per heavy atom. The molecule has 0 radical (unpaired) electrons. The number of ether oxygens (including phenoxy) is 1. The predicted octanol–water partition coefficient (Wildman–Crippen LogP) is 4.30. The Kier molecular flexibility index (Phi) is 9.99. The van der Waals surface area contributed by atoms with E-state index in [0.29, 0.717) is 30.2 Å². The molecule has 1 amide bonds. The molecule has 8 nitrogen and oxygen atoms in total. The van der Waals surface area contributed by atoms with Crippen LogP contribution in [0.3, 0.4) is 0 Å². The van der Waals surface area contributed by atoms with Gasteiger partial charge >= 0.3 is 0 Å². The van der Waals surface area contributed by atoms with E-state index in [0.717, 1.165) is 30.6 Å². The first kappa shape index (κ1) is 26.5. The van der Waals surface area contributed by atoms with Crippen LogP contribution >= 0.6 is 0 Å². The number of aryl methyl sites for hydroxylation is 1. The van der Waals surface area contributed by atoms with Gasteiger partial charge in [-0.05, 0) is 49.2 Å². The minimum absolute atomic E-state index is 0.0334. The number of anilines is 3. The highest BCUT2D eigenvalue weighted by atomic mass is 32.2. The van der Waals surface area contributed by atoms with Gasteiger partial charge in [-0.2, -0.15) is 4.31 Å². The Bertz CT molecular complexity index is 1040. The fourth-order valence-corrected chi connectivity index (χ4v) is 4.87. The van der Waals surface area contributed by atoms with Crippen LogP contribution in [0.15, 0.2) is 41.3 Å². The van der Waals surface area contributed by atoms with Crippen LogP contribution in [0, 0.1) is 6.92 Å². The molecular formula is C24H36N4O4S. The van der Waals surface area contributed by atoms with Crippen molar-refractivity contribution in [3.63, 3.8) is 0 Å². The van der Waals surface area contributed by atoms with Crippen molar-refractivity contribution < 1.29 is 17.9 Å². The van der Waals surface area contributed by atoms with Gasteiger partial charge in [0.05, 0.1) is 35.6 Å². The van der Waals surface area contributed by atoms with Crippen molar-refractivity contribution in [1.29, 1.82) is 0 Å². The normalized spacial score (nSPS) is 11.3. The van der Waals surface area contributed by atoms with Crippen LogP contribution in [0.25, 0.3) is 0 Å². The number of methoxy groups -OCH3 is 1. The molecule has 0 aliphatic rings. The first-order chi connectivity index (χ1) is 15.8. The Labute approximate surface area is 197 Å². The number of sulfonamides is 1. The van der Waals surface area contributed by atoms with E-state index in [1.807, 2.05) is 32.9 Å². The molecule has 0 heterocycles. The fraction of sp³-hybridized carbons (Fsp3) is 0.458. The molecule has 0 aromatic heterocycles. The van der Waals surface area contributed by atoms with Gasteiger partial charge in [0.15, 0.2) is 0 Å². The van der Waals surface area contributed by atoms with E-state index in [4.69, 9.17) is 4.74 Å². The summed E-state index contributed by atoms with van der Waals surface area (Å²) in [6, 6.07) is 10.5. The Morgan fingerprint density at radius 1 is 0.970 bits per heavy atom. The molecule has 33 heavy (non-hydrogen) atoms. The van der Waals surface area contributed by atoms with Crippen LogP contribution in [0.1, 0.15) is 39.2 Å². The molecule has 2 aromatic rings. The number of rotatable bonds is 13. The van der Waals surface area contributed by atoms with Gasteiger partial charge in [-0.3, -0.25) is 4.79 Å². The van der Waals surface area contributed by atoms with Crippen molar-refractivity contribution >= 4 is 33.0 Å². The summed E-state index contributed by atoms with van der Waals surface area (Å²) in [4.78, 5) is 12.8. The SMILES string of the molecule is CCCCNc1ccc(S(=O)(=O)N(CC)CC)cc1NCC(=O)Nc1cc(C)ccc1OC. The summed E-state index contributed by atoms with van der Waals surface area (Å²) in [6.07, 6.45) is 2.01. The van der Waals surface area contributed by atoms with Gasteiger partial charge in [-0.1, -0.05) is 33.3 Å². The molecule has 3 N–H and O–H groups in total. The summed E-state index contributed by atoms with van der Waals surface area (Å²) in [5, 5.41) is 9.28. The van der Waals surface area contributed by atoms with Crippen LogP contribution in [-0.2, 0) is 14.8 Å². The van der Waals surface area contributed by atoms with Crippen molar-refractivity contribution in [3.8, 4) is 5.75 Å². The van der Waals surface area contributed by atoms with E-state index >= 15 is 0 Å². The third kappa shape index (κ3) is 7.10. The van der Waals surface area contributed by atoms with Crippen LogP contribution in [0.5, 0.6) is 5.75 Å². The molecule has 0 saturated carbocycles. The fourth-order valence-electron chi connectivity index (χ4n) is 3.39. The van der Waals surface area contributed by atoms with E-state index in [1.165, 1.54) is 4.31 Å². The maximum absolute atomic E-state index is 13.0. The lowest BCUT2D eigenvalue weighted by Crippen LogP contribution is -2.30. The second-order valence-corrected chi connectivity index (χ2v) is 9.62. The Hall–Kier alpha value is -2.78. The molecule has 0 atom stereocenters. The number of amides is 1. The highest BCUT2D eigenvalue weighted by Crippen LogP contribution is 2.28. The van der Waals surface area contributed by atoms with Gasteiger partial charge < -0.3 is 20.7 Å². The van der Waals surface area contributed by atoms with Crippen LogP contribution in [-0.4, -0.2) is 51.9 Å². The molecule has 0 saturated heterocycles. The largest absolute Gasteiger partial charge is 0.495 e. The maximum Gasteiger partial charge on any atom is 0.243 e. The lowest BCUT2D eigenvalue weighted by atomic mass is 10.2. The zero-order valence-electron chi connectivity index (χ0n) is 20.2. The topological polar surface area (TPSA) is 99.8 Å². The molecule has 182 valence electrons. The van der Waals surface area contributed by atoms with Gasteiger partial charge in [0.2, 0.25) is 15.9 Å². The molecule has 0 fully saturated rings. The minimum atomic E-state index is -3.62. The van der Waals surface area contributed by atoms with Gasteiger partial charge in [-0.15, -0.1) is 0 Å². The molecule has 0 bridgehead atoms. The number of hydrogen-bond acceptors (Lipinski definition) is 6. The van der Waals surface area contributed by atoms with E-state index in [2.05, 4.69) is 22.9 Å². The minimum Gasteiger partial charge on any atom is -0.495 e. The Morgan fingerprint density at radius 2 is 1.70 bits per heavy atom. The van der Waals surface area contributed by atoms with Gasteiger partial charge in [-0.25, -0.2) is 8.42 Å². The molecular weight excluding hydrogens is 440 g/mol. The van der Waals surface area contributed by atoms with Gasteiger partial charge in [0.25, 0.3) is 0 Å². The molecule has 9 heteroatoms. The van der Waals surface area contributed by atoms with E-state index in [9.17, 15) is 13.2 Å². The number of carbonyl (C=O) groups excluding carboxylic acids is 1. The number of nitrogens with one attached hydrogen (secondary N) is 3. The number of benzene rings is 2. The van der Waals surface area contributed by atoms with Gasteiger partial charge in [0, 0.05) is 19.6 Å². The molecule has 0 aliphatic carbocycles. The van der Waals surface area contributed by atoms with Crippen LogP contribution in [0.2, 0.25) is 0 Å². The van der Waals surface area contributed by atoms with E-state index in [-0.39, 0.29) is 17.3 Å². The molecule has 2 aromatic carbocycles. The molecule has 0 unspecified atom stereocenters. The lowest BCUT2D eigenvalue weighted by Gasteiger charge is -2.20. The molecule has 0 aliphatic heterocycles. The summed E-state index contributed by atoms with van der Waals surface area (Å²) >= 11 is 0. The number of carbonyl (C=O) groups is 1. The smallest absolute Gasteiger partial charge is 0.243 e. The van der Waals surface area contributed by atoms with Crippen molar-refractivity contribution in [2.45, 2.75) is 45.4 Å². The standard InChI is InChI=1S/C24H36N4O4S/c1-6-9-14-25-20-12-11-19(33(30,31)28(7-2)8-3)16-21(20)26-17-24(29)27-22-15-18(4)10-13-23(22)32-5/h10-13,15-16,25-26H,6-9,14,17H2,1-5H3,(H,27,29). The summed E-state index contributed by atoms with van der Waals surface area (Å²) in [6.45, 7) is 9.15. The van der Waals surface area contributed by atoms with E-state index < -0.39 is 10.0 Å². The van der Waals surface area contributed by atoms with Crippen molar-refractivity contribution in [1.82, 2.24) is 4.31 Å². The number of hydrogen-bond donors (Lipinski definition) is 3. The highest BCUT2D eigenvalue weighted by Gasteiger charge is 2.23. The van der Waals surface area contributed by atoms with Crippen LogP contribution < -0.4 is 20.7 Å². The maximum atomic E-state index is 13.0. The first-order valence-electron chi connectivity index (χ1n) is 11.3. The highest BCUT2D eigenvalue weighted by molar-refractivity contribution is 7.89. The molecule has 2 rings (SSSR count). The average molecular weight is 477 g/mol. The zero-order chi connectivity index (χ0) is 24.4. The third-order valence-corrected chi connectivity index (χ3v) is 7.29. The number of unbranched alkanes of at least 4 members (excludes halogenated alkanes) is 1. The second-order valence-electron chi connectivity index (χ2n) is 7.68. The number of nitrogens with zero attached hydrogens (tertiary/aromatic N) is 1. The first-order valence-corrected chi connectivity index (χ1v) is 12.8. The second kappa shape index (κ2) is 12.5. The lowest BCUT2D eigenvalue weighted by molar-refractivity contribution is -0.114. The monoisotopic (exact) mass is 476 g/mol. The predicted molar refractivity (Wildman–Crippen MR) is 135 cm³/mol. The summed E-state index contributed by atoms with van der Waals surface area (Å²) < 4.78 is 32.7. The van der Waals surface area contributed by atoms with Crippen molar-refractivity contribution in [3.05, 3.63) is 42.0 Å². The van der Waals surface area contributed by atoms with Crippen LogP contribution in [0.4, 0.5) is 17.1 Å². The van der Waals surface area contributed by atoms with Crippen molar-refractivity contribution in [2.24, 2.45) is 0 Å². The van der Waals surface area contributed by atoms with Crippen molar-refractivity contribution in [2.75, 3.05) is 49.2 Å². The summed E-state index contributed by atoms with van der Waals surface area (Å²) in [5.74, 6) is 0.304.